The van der Waals surface area contributed by atoms with Crippen molar-refractivity contribution in [1.82, 2.24) is 4.90 Å². The molecule has 0 aromatic heterocycles. The van der Waals surface area contributed by atoms with Crippen molar-refractivity contribution in [3.05, 3.63) is 0 Å². The Hall–Kier alpha value is 0.0800. The summed E-state index contributed by atoms with van der Waals surface area (Å²) in [5.74, 6) is 0.00231. The Morgan fingerprint density at radius 1 is 1.17 bits per heavy atom. The summed E-state index contributed by atoms with van der Waals surface area (Å²) in [7, 11) is 1.31. The fraction of sp³-hybridized carbons (Fsp3) is 1.00. The molecule has 0 aliphatic carbocycles. The van der Waals surface area contributed by atoms with E-state index in [1.165, 1.54) is 19.6 Å². The Labute approximate surface area is 146 Å². The van der Waals surface area contributed by atoms with Gasteiger partial charge in [-0.05, 0) is 33.0 Å². The minimum atomic E-state index is -3.19. The highest BCUT2D eigenvalue weighted by molar-refractivity contribution is 8.13. The van der Waals surface area contributed by atoms with Gasteiger partial charge in [0.25, 0.3) is 0 Å². The van der Waals surface area contributed by atoms with Crippen LogP contribution in [0.4, 0.5) is 0 Å². The average molecular weight is 376 g/mol. The Morgan fingerprint density at radius 3 is 1.61 bits per heavy atom. The van der Waals surface area contributed by atoms with Crippen molar-refractivity contribution >= 4 is 19.7 Å². The van der Waals surface area contributed by atoms with Crippen LogP contribution in [0.3, 0.4) is 0 Å². The van der Waals surface area contributed by atoms with Gasteiger partial charge in [-0.3, -0.25) is 0 Å². The van der Waals surface area contributed by atoms with Crippen LogP contribution < -0.4 is 0 Å². The second-order valence-electron chi connectivity index (χ2n) is 5.75. The number of ether oxygens (including phenoxy) is 1. The van der Waals surface area contributed by atoms with Crippen molar-refractivity contribution in [3.63, 3.8) is 0 Å². The highest BCUT2D eigenvalue weighted by Crippen LogP contribution is 2.35. The first kappa shape index (κ1) is 25.3. The van der Waals surface area contributed by atoms with E-state index < -0.39 is 20.9 Å². The molecule has 1 rings (SSSR count). The molecule has 6 nitrogen and oxygen atoms in total. The second kappa shape index (κ2) is 11.6. The highest BCUT2D eigenvalue weighted by Gasteiger charge is 2.48. The van der Waals surface area contributed by atoms with Gasteiger partial charge in [0.05, 0.1) is 12.4 Å². The molecule has 0 spiro atoms. The fourth-order valence-electron chi connectivity index (χ4n) is 2.14. The maximum atomic E-state index is 9.66. The first-order chi connectivity index (χ1) is 10.3. The summed E-state index contributed by atoms with van der Waals surface area (Å²) in [4.78, 5) is 2.38. The third kappa shape index (κ3) is 11.3. The number of hydrogen-bond acceptors (Lipinski definition) is 6. The molecule has 2 N–H and O–H groups in total. The SMILES string of the molecule is CCN(CC)CC.CC[C@H]1OC(O)[C@](C)(O)[C@@H]1C.CS(=O)(=O)Cl. The van der Waals surface area contributed by atoms with Crippen LogP contribution in [0.2, 0.25) is 0 Å². The quantitative estimate of drug-likeness (QED) is 0.731. The summed E-state index contributed by atoms with van der Waals surface area (Å²) in [5.41, 5.74) is -1.08. The van der Waals surface area contributed by atoms with Crippen molar-refractivity contribution < 1.29 is 23.4 Å². The zero-order chi connectivity index (χ0) is 18.8. The lowest BCUT2D eigenvalue weighted by atomic mass is 9.88. The van der Waals surface area contributed by atoms with Gasteiger partial charge in [-0.1, -0.05) is 34.6 Å². The van der Waals surface area contributed by atoms with E-state index in [2.05, 4.69) is 36.4 Å². The molecule has 23 heavy (non-hydrogen) atoms. The van der Waals surface area contributed by atoms with Gasteiger partial charge in [0.1, 0.15) is 5.60 Å². The average Bonchev–Trinajstić information content (AvgIpc) is 2.63. The molecule has 4 atom stereocenters. The number of rotatable bonds is 4. The fourth-order valence-corrected chi connectivity index (χ4v) is 2.14. The molecule has 1 aliphatic rings. The third-order valence-electron chi connectivity index (χ3n) is 4.03. The van der Waals surface area contributed by atoms with E-state index in [0.717, 1.165) is 12.7 Å². The van der Waals surface area contributed by atoms with Crippen LogP contribution >= 0.6 is 10.7 Å². The van der Waals surface area contributed by atoms with Crippen LogP contribution in [0.5, 0.6) is 0 Å². The summed E-state index contributed by atoms with van der Waals surface area (Å²) >= 11 is 0. The maximum absolute atomic E-state index is 9.66. The first-order valence-corrected chi connectivity index (χ1v) is 10.7. The van der Waals surface area contributed by atoms with Crippen LogP contribution in [0.25, 0.3) is 0 Å². The van der Waals surface area contributed by atoms with Gasteiger partial charge in [-0.2, -0.15) is 0 Å². The standard InChI is InChI=1S/C8H16O3.C6H15N.CH3ClO2S/c1-4-6-5(2)8(3,10)7(9)11-6;1-4-7(5-2)6-3;1-5(2,3)4/h5-7,9-10H,4H2,1-3H3;4-6H2,1-3H3;1H3/t5-,6-,7?,8-;;/m1../s1. The van der Waals surface area contributed by atoms with Crippen molar-refractivity contribution in [2.45, 2.75) is 66.0 Å². The summed E-state index contributed by atoms with van der Waals surface area (Å²) in [5, 5.41) is 18.9. The van der Waals surface area contributed by atoms with Crippen LogP contribution in [0.15, 0.2) is 0 Å². The second-order valence-corrected chi connectivity index (χ2v) is 8.80. The number of nitrogens with zero attached hydrogens (tertiary/aromatic N) is 1. The molecule has 0 aromatic rings. The normalized spacial score (nSPS) is 30.3. The van der Waals surface area contributed by atoms with Crippen molar-refractivity contribution in [3.8, 4) is 0 Å². The van der Waals surface area contributed by atoms with Gasteiger partial charge < -0.3 is 19.8 Å². The van der Waals surface area contributed by atoms with Crippen LogP contribution in [-0.2, 0) is 13.8 Å². The Balaban J connectivity index is 0. The van der Waals surface area contributed by atoms with Gasteiger partial charge in [-0.25, -0.2) is 8.42 Å². The molecule has 1 aliphatic heterocycles. The molecule has 1 fully saturated rings. The third-order valence-corrected chi connectivity index (χ3v) is 4.03. The number of aliphatic hydroxyl groups is 2. The zero-order valence-corrected chi connectivity index (χ0v) is 17.0. The molecule has 1 heterocycles. The van der Waals surface area contributed by atoms with E-state index in [1.54, 1.807) is 6.92 Å². The zero-order valence-electron chi connectivity index (χ0n) is 15.4. The summed E-state index contributed by atoms with van der Waals surface area (Å²) in [6, 6.07) is 0. The van der Waals surface area contributed by atoms with E-state index in [0.29, 0.717) is 0 Å². The first-order valence-electron chi connectivity index (χ1n) is 8.02. The minimum Gasteiger partial charge on any atom is -0.384 e. The molecule has 0 bridgehead atoms. The van der Waals surface area contributed by atoms with Crippen LogP contribution in [0.1, 0.15) is 48.0 Å². The van der Waals surface area contributed by atoms with E-state index in [9.17, 15) is 18.6 Å². The summed E-state index contributed by atoms with van der Waals surface area (Å²) in [6.07, 6.45) is 0.714. The topological polar surface area (TPSA) is 87.1 Å². The Bertz CT molecular complexity index is 385. The summed E-state index contributed by atoms with van der Waals surface area (Å²) < 4.78 is 23.9. The lowest BCUT2D eigenvalue weighted by molar-refractivity contribution is -0.164. The van der Waals surface area contributed by atoms with Gasteiger partial charge in [0, 0.05) is 16.6 Å². The van der Waals surface area contributed by atoms with Gasteiger partial charge in [0.15, 0.2) is 6.29 Å². The van der Waals surface area contributed by atoms with Crippen molar-refractivity contribution in [1.29, 1.82) is 0 Å². The molecule has 0 saturated carbocycles. The van der Waals surface area contributed by atoms with E-state index in [4.69, 9.17) is 4.74 Å². The van der Waals surface area contributed by atoms with Gasteiger partial charge in [-0.15, -0.1) is 0 Å². The molecular weight excluding hydrogens is 342 g/mol. The molecule has 1 saturated heterocycles. The minimum absolute atomic E-state index is 0.00231. The predicted molar refractivity (Wildman–Crippen MR) is 95.1 cm³/mol. The number of aliphatic hydroxyl groups excluding tert-OH is 1. The van der Waals surface area contributed by atoms with Crippen molar-refractivity contribution in [2.24, 2.45) is 5.92 Å². The monoisotopic (exact) mass is 375 g/mol. The van der Waals surface area contributed by atoms with Crippen LogP contribution in [-0.4, -0.2) is 67.4 Å². The van der Waals surface area contributed by atoms with E-state index >= 15 is 0 Å². The number of halogens is 1. The van der Waals surface area contributed by atoms with E-state index in [1.807, 2.05) is 13.8 Å². The molecule has 1 unspecified atom stereocenters. The number of hydrogen-bond donors (Lipinski definition) is 2. The Morgan fingerprint density at radius 2 is 1.52 bits per heavy atom. The molecule has 0 amide bonds. The summed E-state index contributed by atoms with van der Waals surface area (Å²) in [6.45, 7) is 15.6. The lowest BCUT2D eigenvalue weighted by Crippen LogP contribution is -2.39. The van der Waals surface area contributed by atoms with Crippen LogP contribution in [0, 0.1) is 5.92 Å². The van der Waals surface area contributed by atoms with Crippen molar-refractivity contribution in [2.75, 3.05) is 25.9 Å². The smallest absolute Gasteiger partial charge is 0.229 e. The van der Waals surface area contributed by atoms with Gasteiger partial charge in [0.2, 0.25) is 9.05 Å². The Kier molecular flexibility index (Phi) is 12.8. The highest BCUT2D eigenvalue weighted by atomic mass is 35.7. The maximum Gasteiger partial charge on any atom is 0.229 e. The predicted octanol–water partition coefficient (Wildman–Crippen LogP) is 2.03. The molecular formula is C15H34ClNO5S. The van der Waals surface area contributed by atoms with Gasteiger partial charge >= 0.3 is 0 Å². The van der Waals surface area contributed by atoms with E-state index in [-0.39, 0.29) is 12.0 Å². The molecule has 0 aromatic carbocycles. The largest absolute Gasteiger partial charge is 0.384 e. The molecule has 8 heteroatoms. The molecule has 142 valence electrons. The molecule has 0 radical (unpaired) electrons. The lowest BCUT2D eigenvalue weighted by Gasteiger charge is -2.23.